The topological polar surface area (TPSA) is 77.1 Å². The van der Waals surface area contributed by atoms with Crippen LogP contribution in [0.15, 0.2) is 41.3 Å². The predicted molar refractivity (Wildman–Crippen MR) is 79.9 cm³/mol. The van der Waals surface area contributed by atoms with Crippen molar-refractivity contribution in [3.8, 4) is 0 Å². The molecule has 0 radical (unpaired) electrons. The lowest BCUT2D eigenvalue weighted by molar-refractivity contribution is 0.102. The van der Waals surface area contributed by atoms with Crippen molar-refractivity contribution in [1.82, 2.24) is 4.57 Å². The molecule has 1 aromatic heterocycles. The summed E-state index contributed by atoms with van der Waals surface area (Å²) in [5.74, 6) is -0.276. The first-order valence-corrected chi connectivity index (χ1v) is 6.40. The monoisotopic (exact) mass is 271 g/mol. The number of pyridine rings is 1. The van der Waals surface area contributed by atoms with Crippen LogP contribution in [-0.2, 0) is 6.54 Å². The van der Waals surface area contributed by atoms with Crippen LogP contribution in [0, 0.1) is 6.92 Å². The first-order chi connectivity index (χ1) is 9.52. The van der Waals surface area contributed by atoms with Crippen molar-refractivity contribution < 1.29 is 4.79 Å². The summed E-state index contributed by atoms with van der Waals surface area (Å²) in [6.07, 6.45) is 1.62. The summed E-state index contributed by atoms with van der Waals surface area (Å²) in [4.78, 5) is 23.8. The van der Waals surface area contributed by atoms with Crippen LogP contribution in [0.4, 0.5) is 11.4 Å². The quantitative estimate of drug-likeness (QED) is 0.838. The molecule has 0 aliphatic rings. The Morgan fingerprint density at radius 2 is 2.05 bits per heavy atom. The summed E-state index contributed by atoms with van der Waals surface area (Å²) >= 11 is 0. The zero-order valence-corrected chi connectivity index (χ0v) is 11.5. The molecule has 0 fully saturated rings. The molecular formula is C15H17N3O2. The van der Waals surface area contributed by atoms with Gasteiger partial charge < -0.3 is 15.6 Å². The number of nitrogen functional groups attached to an aromatic ring is 1. The fraction of sp³-hybridized carbons (Fsp3) is 0.200. The zero-order valence-electron chi connectivity index (χ0n) is 11.5. The van der Waals surface area contributed by atoms with Crippen molar-refractivity contribution in [3.63, 3.8) is 0 Å². The molecule has 0 spiro atoms. The fourth-order valence-electron chi connectivity index (χ4n) is 2.05. The molecular weight excluding hydrogens is 254 g/mol. The van der Waals surface area contributed by atoms with E-state index in [1.165, 1.54) is 10.6 Å². The summed E-state index contributed by atoms with van der Waals surface area (Å²) in [5, 5.41) is 2.76. The molecule has 0 atom stereocenters. The first kappa shape index (κ1) is 13.9. The number of anilines is 2. The molecule has 3 N–H and O–H groups in total. The summed E-state index contributed by atoms with van der Waals surface area (Å²) < 4.78 is 1.52. The second-order valence-electron chi connectivity index (χ2n) is 4.54. The fourth-order valence-corrected chi connectivity index (χ4v) is 2.05. The Morgan fingerprint density at radius 3 is 2.70 bits per heavy atom. The number of nitrogens with two attached hydrogens (primary N) is 1. The molecule has 0 bridgehead atoms. The van der Waals surface area contributed by atoms with Gasteiger partial charge in [-0.15, -0.1) is 0 Å². The highest BCUT2D eigenvalue weighted by Crippen LogP contribution is 2.18. The molecule has 2 rings (SSSR count). The van der Waals surface area contributed by atoms with Gasteiger partial charge in [-0.25, -0.2) is 0 Å². The largest absolute Gasteiger partial charge is 0.398 e. The van der Waals surface area contributed by atoms with E-state index >= 15 is 0 Å². The molecule has 0 saturated carbocycles. The van der Waals surface area contributed by atoms with E-state index in [0.717, 1.165) is 5.56 Å². The molecule has 20 heavy (non-hydrogen) atoms. The number of aryl methyl sites for hydroxylation is 2. The van der Waals surface area contributed by atoms with Crippen molar-refractivity contribution in [1.29, 1.82) is 0 Å². The lowest BCUT2D eigenvalue weighted by Crippen LogP contribution is -2.20. The second-order valence-corrected chi connectivity index (χ2v) is 4.54. The van der Waals surface area contributed by atoms with Gasteiger partial charge in [0.1, 0.15) is 0 Å². The molecule has 0 aliphatic heterocycles. The first-order valence-electron chi connectivity index (χ1n) is 6.40. The molecule has 1 amide bonds. The number of amides is 1. The predicted octanol–water partition coefficient (Wildman–Crippen LogP) is 2.01. The normalized spacial score (nSPS) is 10.3. The molecule has 5 nitrogen and oxygen atoms in total. The van der Waals surface area contributed by atoms with Crippen LogP contribution in [0.3, 0.4) is 0 Å². The Balaban J connectivity index is 2.30. The average molecular weight is 271 g/mol. The van der Waals surface area contributed by atoms with Gasteiger partial charge in [-0.1, -0.05) is 12.1 Å². The van der Waals surface area contributed by atoms with E-state index in [1.807, 2.05) is 19.9 Å². The van der Waals surface area contributed by atoms with Gasteiger partial charge in [-0.3, -0.25) is 9.59 Å². The minimum absolute atomic E-state index is 0.0964. The Morgan fingerprint density at radius 1 is 1.30 bits per heavy atom. The molecule has 104 valence electrons. The highest BCUT2D eigenvalue weighted by molar-refractivity contribution is 6.08. The minimum atomic E-state index is -0.276. The molecule has 0 saturated heterocycles. The van der Waals surface area contributed by atoms with Crippen molar-refractivity contribution >= 4 is 17.3 Å². The minimum Gasteiger partial charge on any atom is -0.398 e. The summed E-state index contributed by atoms with van der Waals surface area (Å²) in [5.41, 5.74) is 8.02. The van der Waals surface area contributed by atoms with E-state index in [2.05, 4.69) is 5.32 Å². The Labute approximate surface area is 117 Å². The van der Waals surface area contributed by atoms with E-state index < -0.39 is 0 Å². The Hall–Kier alpha value is -2.56. The van der Waals surface area contributed by atoms with Gasteiger partial charge in [-0.05, 0) is 31.5 Å². The number of nitrogens with zero attached hydrogens (tertiary/aromatic N) is 1. The highest BCUT2D eigenvalue weighted by Gasteiger charge is 2.12. The molecule has 5 heteroatoms. The Kier molecular flexibility index (Phi) is 3.89. The van der Waals surface area contributed by atoms with Gasteiger partial charge in [0, 0.05) is 24.5 Å². The number of rotatable bonds is 3. The third-order valence-electron chi connectivity index (χ3n) is 3.11. The van der Waals surface area contributed by atoms with Crippen LogP contribution in [0.5, 0.6) is 0 Å². The number of aromatic nitrogens is 1. The van der Waals surface area contributed by atoms with E-state index in [9.17, 15) is 9.59 Å². The Bertz CT molecular complexity index is 684. The van der Waals surface area contributed by atoms with Crippen molar-refractivity contribution in [2.45, 2.75) is 20.4 Å². The van der Waals surface area contributed by atoms with Crippen LogP contribution in [0.1, 0.15) is 22.8 Å². The maximum absolute atomic E-state index is 12.3. The summed E-state index contributed by atoms with van der Waals surface area (Å²) in [6.45, 7) is 4.25. The van der Waals surface area contributed by atoms with Crippen LogP contribution >= 0.6 is 0 Å². The molecule has 0 aliphatic carbocycles. The van der Waals surface area contributed by atoms with E-state index in [1.54, 1.807) is 24.4 Å². The van der Waals surface area contributed by atoms with Crippen LogP contribution in [0.25, 0.3) is 0 Å². The van der Waals surface area contributed by atoms with Gasteiger partial charge in [0.2, 0.25) is 0 Å². The maximum Gasteiger partial charge on any atom is 0.258 e. The third kappa shape index (κ3) is 2.71. The standard InChI is InChI=1S/C15H17N3O2/c1-3-18-9-11(7-8-13(18)19)17-15(20)14-10(2)5-4-6-12(14)16/h4-9H,3,16H2,1-2H3,(H,17,20). The van der Waals surface area contributed by atoms with Gasteiger partial charge in [0.05, 0.1) is 11.3 Å². The molecule has 1 aromatic carbocycles. The summed E-state index contributed by atoms with van der Waals surface area (Å²) in [6, 6.07) is 8.34. The molecule has 1 heterocycles. The molecule has 0 unspecified atom stereocenters. The average Bonchev–Trinajstić information content (AvgIpc) is 2.40. The smallest absolute Gasteiger partial charge is 0.258 e. The van der Waals surface area contributed by atoms with Crippen molar-refractivity contribution in [2.75, 3.05) is 11.1 Å². The maximum atomic E-state index is 12.3. The van der Waals surface area contributed by atoms with Gasteiger partial charge >= 0.3 is 0 Å². The van der Waals surface area contributed by atoms with E-state index in [4.69, 9.17) is 5.73 Å². The number of carbonyl (C=O) groups is 1. The second kappa shape index (κ2) is 5.61. The van der Waals surface area contributed by atoms with Gasteiger partial charge in [-0.2, -0.15) is 0 Å². The number of carbonyl (C=O) groups excluding carboxylic acids is 1. The summed E-state index contributed by atoms with van der Waals surface area (Å²) in [7, 11) is 0. The number of nitrogens with one attached hydrogen (secondary N) is 1. The lowest BCUT2D eigenvalue weighted by atomic mass is 10.1. The van der Waals surface area contributed by atoms with E-state index in [-0.39, 0.29) is 11.5 Å². The van der Waals surface area contributed by atoms with Crippen LogP contribution < -0.4 is 16.6 Å². The number of hydrogen-bond acceptors (Lipinski definition) is 3. The molecule has 2 aromatic rings. The van der Waals surface area contributed by atoms with Crippen LogP contribution in [-0.4, -0.2) is 10.5 Å². The van der Waals surface area contributed by atoms with E-state index in [0.29, 0.717) is 23.5 Å². The zero-order chi connectivity index (χ0) is 14.7. The highest BCUT2D eigenvalue weighted by atomic mass is 16.1. The van der Waals surface area contributed by atoms with Gasteiger partial charge in [0.25, 0.3) is 11.5 Å². The number of benzene rings is 1. The lowest BCUT2D eigenvalue weighted by Gasteiger charge is -2.11. The van der Waals surface area contributed by atoms with Crippen LogP contribution in [0.2, 0.25) is 0 Å². The SMILES string of the molecule is CCn1cc(NC(=O)c2c(C)cccc2N)ccc1=O. The van der Waals surface area contributed by atoms with Crippen molar-refractivity contribution in [2.24, 2.45) is 0 Å². The number of hydrogen-bond donors (Lipinski definition) is 2. The van der Waals surface area contributed by atoms with Crippen molar-refractivity contribution in [3.05, 3.63) is 58.0 Å². The third-order valence-corrected chi connectivity index (χ3v) is 3.11. The van der Waals surface area contributed by atoms with Gasteiger partial charge in [0.15, 0.2) is 0 Å².